The molecule has 2 aromatic heterocycles. The van der Waals surface area contributed by atoms with E-state index in [-0.39, 0.29) is 0 Å². The molecule has 0 radical (unpaired) electrons. The van der Waals surface area contributed by atoms with Crippen molar-refractivity contribution in [2.45, 2.75) is 17.8 Å². The van der Waals surface area contributed by atoms with Crippen molar-refractivity contribution >= 4 is 11.8 Å². The Morgan fingerprint density at radius 2 is 1.93 bits per heavy atom. The predicted octanol–water partition coefficient (Wildman–Crippen LogP) is 2.47. The largest absolute Gasteiger partial charge is 0.265 e. The van der Waals surface area contributed by atoms with E-state index in [0.29, 0.717) is 0 Å². The summed E-state index contributed by atoms with van der Waals surface area (Å²) in [6.45, 7) is 1.97. The molecule has 0 spiro atoms. The zero-order valence-corrected chi connectivity index (χ0v) is 9.24. The van der Waals surface area contributed by atoms with Gasteiger partial charge in [0.25, 0.3) is 0 Å². The molecule has 3 nitrogen and oxygen atoms in total. The van der Waals surface area contributed by atoms with Crippen LogP contribution in [0.1, 0.15) is 11.3 Å². The molecule has 76 valence electrons. The molecule has 0 aliphatic rings. The Hall–Kier alpha value is -1.42. The highest BCUT2D eigenvalue weighted by Crippen LogP contribution is 2.18. The fourth-order valence-electron chi connectivity index (χ4n) is 1.12. The number of hydrogen-bond donors (Lipinski definition) is 0. The molecule has 0 aliphatic carbocycles. The van der Waals surface area contributed by atoms with Crippen LogP contribution in [0.4, 0.5) is 0 Å². The van der Waals surface area contributed by atoms with Crippen molar-refractivity contribution in [3.63, 3.8) is 0 Å². The number of rotatable bonds is 3. The lowest BCUT2D eigenvalue weighted by molar-refractivity contribution is 0.932. The molecule has 2 aromatic rings. The highest BCUT2D eigenvalue weighted by molar-refractivity contribution is 7.98. The van der Waals surface area contributed by atoms with E-state index in [2.05, 4.69) is 15.0 Å². The van der Waals surface area contributed by atoms with Crippen molar-refractivity contribution in [3.8, 4) is 0 Å². The first-order valence-electron chi connectivity index (χ1n) is 4.66. The van der Waals surface area contributed by atoms with E-state index in [1.165, 1.54) is 5.56 Å². The normalized spacial score (nSPS) is 10.2. The van der Waals surface area contributed by atoms with Gasteiger partial charge in [-0.05, 0) is 30.7 Å². The number of thioether (sulfide) groups is 1. The first-order valence-corrected chi connectivity index (χ1v) is 5.64. The van der Waals surface area contributed by atoms with Crippen LogP contribution in [0.2, 0.25) is 0 Å². The van der Waals surface area contributed by atoms with Crippen molar-refractivity contribution in [2.24, 2.45) is 0 Å². The molecule has 0 N–H and O–H groups in total. The zero-order chi connectivity index (χ0) is 10.5. The molecule has 4 heteroatoms. The Morgan fingerprint density at radius 3 is 2.67 bits per heavy atom. The second-order valence-electron chi connectivity index (χ2n) is 3.12. The molecule has 0 bridgehead atoms. The number of nitrogens with zero attached hydrogens (tertiary/aromatic N) is 3. The minimum Gasteiger partial charge on any atom is -0.265 e. The maximum Gasteiger partial charge on any atom is 0.188 e. The van der Waals surface area contributed by atoms with Crippen LogP contribution in [0.25, 0.3) is 0 Å². The standard InChI is InChI=1S/C11H11N3S/c1-9-2-7-13-11(14-9)15-8-10-3-5-12-6-4-10/h2-7H,8H2,1H3. The minimum absolute atomic E-state index is 0.826. The Balaban J connectivity index is 1.99. The van der Waals surface area contributed by atoms with Crippen LogP contribution in [-0.2, 0) is 5.75 Å². The van der Waals surface area contributed by atoms with Crippen LogP contribution < -0.4 is 0 Å². The van der Waals surface area contributed by atoms with Gasteiger partial charge in [0, 0.05) is 30.0 Å². The molecule has 0 saturated carbocycles. The topological polar surface area (TPSA) is 38.7 Å². The molecular formula is C11H11N3S. The molecule has 0 amide bonds. The summed E-state index contributed by atoms with van der Waals surface area (Å²) in [7, 11) is 0. The van der Waals surface area contributed by atoms with Crippen molar-refractivity contribution in [2.75, 3.05) is 0 Å². The molecule has 0 aliphatic heterocycles. The van der Waals surface area contributed by atoms with Crippen LogP contribution in [0.5, 0.6) is 0 Å². The van der Waals surface area contributed by atoms with Crippen LogP contribution in [0.3, 0.4) is 0 Å². The van der Waals surface area contributed by atoms with Gasteiger partial charge in [-0.3, -0.25) is 4.98 Å². The summed E-state index contributed by atoms with van der Waals surface area (Å²) in [4.78, 5) is 12.5. The highest BCUT2D eigenvalue weighted by Gasteiger charge is 1.98. The molecule has 2 heterocycles. The minimum atomic E-state index is 0.826. The van der Waals surface area contributed by atoms with Crippen molar-refractivity contribution in [1.29, 1.82) is 0 Å². The summed E-state index contributed by atoms with van der Waals surface area (Å²) in [5.41, 5.74) is 2.24. The van der Waals surface area contributed by atoms with Gasteiger partial charge in [0.1, 0.15) is 0 Å². The van der Waals surface area contributed by atoms with Crippen LogP contribution in [0, 0.1) is 6.92 Å². The number of aryl methyl sites for hydroxylation is 1. The van der Waals surface area contributed by atoms with Crippen molar-refractivity contribution in [1.82, 2.24) is 15.0 Å². The molecule has 2 rings (SSSR count). The molecular weight excluding hydrogens is 206 g/mol. The average Bonchev–Trinajstić information content (AvgIpc) is 2.28. The highest BCUT2D eigenvalue weighted by atomic mass is 32.2. The third kappa shape index (κ3) is 3.02. The molecule has 0 atom stereocenters. The third-order valence-corrected chi connectivity index (χ3v) is 2.82. The van der Waals surface area contributed by atoms with Gasteiger partial charge in [-0.1, -0.05) is 11.8 Å². The maximum absolute atomic E-state index is 4.32. The molecule has 0 aromatic carbocycles. The number of pyridine rings is 1. The summed E-state index contributed by atoms with van der Waals surface area (Å²) in [5.74, 6) is 0.881. The van der Waals surface area contributed by atoms with Gasteiger partial charge in [-0.25, -0.2) is 9.97 Å². The zero-order valence-electron chi connectivity index (χ0n) is 8.42. The maximum atomic E-state index is 4.32. The first kappa shape index (κ1) is 10.1. The summed E-state index contributed by atoms with van der Waals surface area (Å²) in [5, 5.41) is 0.826. The Labute approximate surface area is 93.0 Å². The second kappa shape index (κ2) is 4.89. The monoisotopic (exact) mass is 217 g/mol. The van der Waals surface area contributed by atoms with E-state index in [0.717, 1.165) is 16.6 Å². The summed E-state index contributed by atoms with van der Waals surface area (Å²) in [6.07, 6.45) is 5.39. The van der Waals surface area contributed by atoms with Gasteiger partial charge in [-0.2, -0.15) is 0 Å². The predicted molar refractivity (Wildman–Crippen MR) is 60.6 cm³/mol. The number of aromatic nitrogens is 3. The Morgan fingerprint density at radius 1 is 1.13 bits per heavy atom. The SMILES string of the molecule is Cc1ccnc(SCc2ccncc2)n1. The van der Waals surface area contributed by atoms with Gasteiger partial charge >= 0.3 is 0 Å². The van der Waals surface area contributed by atoms with E-state index < -0.39 is 0 Å². The average molecular weight is 217 g/mol. The summed E-state index contributed by atoms with van der Waals surface area (Å²) < 4.78 is 0. The van der Waals surface area contributed by atoms with Gasteiger partial charge in [-0.15, -0.1) is 0 Å². The van der Waals surface area contributed by atoms with E-state index in [9.17, 15) is 0 Å². The smallest absolute Gasteiger partial charge is 0.188 e. The van der Waals surface area contributed by atoms with Gasteiger partial charge in [0.05, 0.1) is 0 Å². The van der Waals surface area contributed by atoms with Crippen LogP contribution in [0.15, 0.2) is 41.9 Å². The summed E-state index contributed by atoms with van der Waals surface area (Å²) in [6, 6.07) is 5.90. The van der Waals surface area contributed by atoms with Crippen LogP contribution >= 0.6 is 11.8 Å². The molecule has 0 fully saturated rings. The number of hydrogen-bond acceptors (Lipinski definition) is 4. The molecule has 0 saturated heterocycles. The second-order valence-corrected chi connectivity index (χ2v) is 4.07. The lowest BCUT2D eigenvalue weighted by Crippen LogP contribution is -1.89. The molecule has 15 heavy (non-hydrogen) atoms. The van der Waals surface area contributed by atoms with E-state index in [1.807, 2.05) is 25.1 Å². The third-order valence-electron chi connectivity index (χ3n) is 1.89. The quantitative estimate of drug-likeness (QED) is 0.585. The van der Waals surface area contributed by atoms with E-state index in [4.69, 9.17) is 0 Å². The lowest BCUT2D eigenvalue weighted by atomic mass is 10.3. The fraction of sp³-hybridized carbons (Fsp3) is 0.182. The van der Waals surface area contributed by atoms with Gasteiger partial charge in [0.2, 0.25) is 0 Å². The van der Waals surface area contributed by atoms with Crippen LogP contribution in [-0.4, -0.2) is 15.0 Å². The van der Waals surface area contributed by atoms with E-state index in [1.54, 1.807) is 30.4 Å². The Bertz CT molecular complexity index is 431. The molecule has 0 unspecified atom stereocenters. The van der Waals surface area contributed by atoms with Gasteiger partial charge in [0.15, 0.2) is 5.16 Å². The summed E-state index contributed by atoms with van der Waals surface area (Å²) >= 11 is 1.64. The lowest BCUT2D eigenvalue weighted by Gasteiger charge is -2.00. The van der Waals surface area contributed by atoms with E-state index >= 15 is 0 Å². The first-order chi connectivity index (χ1) is 7.34. The Kier molecular flexibility index (Phi) is 3.29. The van der Waals surface area contributed by atoms with Gasteiger partial charge < -0.3 is 0 Å². The van der Waals surface area contributed by atoms with Crippen molar-refractivity contribution < 1.29 is 0 Å². The van der Waals surface area contributed by atoms with Crippen molar-refractivity contribution in [3.05, 3.63) is 48.0 Å². The fourth-order valence-corrected chi connectivity index (χ4v) is 1.95.